The molecule has 0 N–H and O–H groups in total. The van der Waals surface area contributed by atoms with Crippen molar-refractivity contribution in [3.05, 3.63) is 74.8 Å². The number of hydrogen-bond acceptors (Lipinski definition) is 1. The molecule has 0 saturated heterocycles. The minimum absolute atomic E-state index is 0. The van der Waals surface area contributed by atoms with Crippen molar-refractivity contribution in [1.82, 2.24) is 0 Å². The Labute approximate surface area is 114 Å². The number of aldehydes is 1. The minimum atomic E-state index is 0. The summed E-state index contributed by atoms with van der Waals surface area (Å²) in [6.07, 6.45) is 19.4. The van der Waals surface area contributed by atoms with E-state index in [1.54, 1.807) is 0 Å². The van der Waals surface area contributed by atoms with Gasteiger partial charge in [0, 0.05) is 28.0 Å². The average Bonchev–Trinajstić information content (AvgIpc) is 2.95. The van der Waals surface area contributed by atoms with Crippen LogP contribution >= 0.6 is 11.6 Å². The van der Waals surface area contributed by atoms with Crippen LogP contribution in [0.25, 0.3) is 0 Å². The zero-order chi connectivity index (χ0) is 10.9. The molecular weight excluding hydrogens is 263 g/mol. The van der Waals surface area contributed by atoms with Gasteiger partial charge in [0.2, 0.25) is 0 Å². The molecule has 0 heterocycles. The van der Waals surface area contributed by atoms with Crippen LogP contribution in [0.2, 0.25) is 0 Å². The van der Waals surface area contributed by atoms with Gasteiger partial charge in [0.25, 0.3) is 0 Å². The van der Waals surface area contributed by atoms with E-state index in [2.05, 4.69) is 0 Å². The summed E-state index contributed by atoms with van der Waals surface area (Å²) >= 11 is 5.68. The molecule has 3 heteroatoms. The summed E-state index contributed by atoms with van der Waals surface area (Å²) in [5, 5.41) is 0.486. The molecule has 0 atom stereocenters. The largest absolute Gasteiger partial charge is 0.299 e. The van der Waals surface area contributed by atoms with E-state index in [1.165, 1.54) is 6.08 Å². The van der Waals surface area contributed by atoms with E-state index in [-0.39, 0.29) is 17.1 Å². The van der Waals surface area contributed by atoms with Crippen LogP contribution in [-0.4, -0.2) is 6.29 Å². The fourth-order valence-electron chi connectivity index (χ4n) is 1.01. The summed E-state index contributed by atoms with van der Waals surface area (Å²) in [4.78, 5) is 9.95. The third kappa shape index (κ3) is 6.73. The molecule has 0 aromatic carbocycles. The van der Waals surface area contributed by atoms with Gasteiger partial charge in [-0.25, -0.2) is 0 Å². The summed E-state index contributed by atoms with van der Waals surface area (Å²) in [5.41, 5.74) is 0. The maximum atomic E-state index is 9.95. The monoisotopic (exact) mass is 274 g/mol. The van der Waals surface area contributed by atoms with Crippen LogP contribution in [0.4, 0.5) is 0 Å². The van der Waals surface area contributed by atoms with E-state index >= 15 is 0 Å². The maximum absolute atomic E-state index is 9.95. The molecule has 0 aliphatic heterocycles. The van der Waals surface area contributed by atoms with Gasteiger partial charge in [0.05, 0.1) is 0 Å². The first-order valence-electron chi connectivity index (χ1n) is 4.54. The van der Waals surface area contributed by atoms with Crippen molar-refractivity contribution in [2.24, 2.45) is 0 Å². The standard InChI is InChI=1S/C8H6ClO.C5H5.Fe/c9-8(5-6-10)7-3-1-2-4-7;1-2-4-5-3-1;/h1-6H;1-5H;/b8-5-;;. The van der Waals surface area contributed by atoms with E-state index in [9.17, 15) is 4.79 Å². The number of rotatable bonds is 2. The SMILES string of the molecule is O=C/C=C(\Cl)[C]1[CH][CH][CH][CH]1.[CH]1[CH][CH][CH][CH]1.[Fe]. The van der Waals surface area contributed by atoms with Crippen LogP contribution in [0.15, 0.2) is 11.1 Å². The Kier molecular flexibility index (Phi) is 10.5. The van der Waals surface area contributed by atoms with Gasteiger partial charge in [0.1, 0.15) is 6.29 Å². The van der Waals surface area contributed by atoms with E-state index in [0.717, 1.165) is 5.92 Å². The van der Waals surface area contributed by atoms with Crippen molar-refractivity contribution in [3.63, 3.8) is 0 Å². The van der Waals surface area contributed by atoms with Gasteiger partial charge < -0.3 is 0 Å². The second-order valence-electron chi connectivity index (χ2n) is 2.79. The molecule has 2 saturated carbocycles. The van der Waals surface area contributed by atoms with Gasteiger partial charge in [-0.05, 0) is 63.9 Å². The van der Waals surface area contributed by atoms with Gasteiger partial charge in [0.15, 0.2) is 0 Å². The van der Waals surface area contributed by atoms with Crippen molar-refractivity contribution in [2.45, 2.75) is 0 Å². The minimum Gasteiger partial charge on any atom is -0.299 e. The Bertz CT molecular complexity index is 198. The molecule has 10 radical (unpaired) electrons. The average molecular weight is 275 g/mol. The first-order valence-corrected chi connectivity index (χ1v) is 4.92. The molecule has 0 aromatic heterocycles. The van der Waals surface area contributed by atoms with Crippen molar-refractivity contribution in [1.29, 1.82) is 0 Å². The van der Waals surface area contributed by atoms with Crippen LogP contribution in [-0.2, 0) is 21.9 Å². The second-order valence-corrected chi connectivity index (χ2v) is 3.19. The van der Waals surface area contributed by atoms with Crippen molar-refractivity contribution in [3.8, 4) is 0 Å². The number of allylic oxidation sites excluding steroid dienone is 2. The van der Waals surface area contributed by atoms with Crippen molar-refractivity contribution in [2.75, 3.05) is 0 Å². The first-order chi connectivity index (χ1) is 7.34. The summed E-state index contributed by atoms with van der Waals surface area (Å²) in [6, 6.07) is 0. The third-order valence-electron chi connectivity index (χ3n) is 1.71. The van der Waals surface area contributed by atoms with Gasteiger partial charge in [-0.15, -0.1) is 0 Å². The van der Waals surface area contributed by atoms with Gasteiger partial charge in [-0.2, -0.15) is 0 Å². The normalized spacial score (nSPS) is 20.9. The van der Waals surface area contributed by atoms with Crippen LogP contribution in [0.5, 0.6) is 0 Å². The Morgan fingerprint density at radius 2 is 1.38 bits per heavy atom. The molecule has 0 unspecified atom stereocenters. The van der Waals surface area contributed by atoms with Gasteiger partial charge in [-0.3, -0.25) is 4.79 Å². The van der Waals surface area contributed by atoms with Gasteiger partial charge >= 0.3 is 0 Å². The molecule has 0 amide bonds. The zero-order valence-corrected chi connectivity index (χ0v) is 10.4. The van der Waals surface area contributed by atoms with Crippen LogP contribution in [0.1, 0.15) is 0 Å². The van der Waals surface area contributed by atoms with E-state index in [1.807, 2.05) is 57.8 Å². The fraction of sp³-hybridized carbons (Fsp3) is 0. The smallest absolute Gasteiger partial charge is 0.144 e. The molecule has 2 aliphatic carbocycles. The van der Waals surface area contributed by atoms with Crippen LogP contribution in [0.3, 0.4) is 0 Å². The molecule has 2 fully saturated rings. The molecule has 0 aromatic rings. The fourth-order valence-corrected chi connectivity index (χ4v) is 1.19. The second kappa shape index (κ2) is 10.4. The maximum Gasteiger partial charge on any atom is 0.144 e. The Morgan fingerprint density at radius 3 is 1.75 bits per heavy atom. The molecule has 0 bridgehead atoms. The number of halogens is 1. The summed E-state index contributed by atoms with van der Waals surface area (Å²) < 4.78 is 0. The van der Waals surface area contributed by atoms with Crippen LogP contribution < -0.4 is 0 Å². The van der Waals surface area contributed by atoms with Crippen LogP contribution in [0, 0.1) is 63.7 Å². The predicted molar refractivity (Wildman–Crippen MR) is 61.9 cm³/mol. The molecule has 0 spiro atoms. The number of carbonyl (C=O) groups excluding carboxylic acids is 1. The third-order valence-corrected chi connectivity index (χ3v) is 2.05. The van der Waals surface area contributed by atoms with E-state index in [4.69, 9.17) is 11.6 Å². The summed E-state index contributed by atoms with van der Waals surface area (Å²) in [6.45, 7) is 0. The molecule has 16 heavy (non-hydrogen) atoms. The van der Waals surface area contributed by atoms with Crippen molar-refractivity contribution < 1.29 is 21.9 Å². The number of carbonyl (C=O) groups is 1. The molecule has 1 nitrogen and oxygen atoms in total. The molecule has 2 aliphatic rings. The zero-order valence-electron chi connectivity index (χ0n) is 8.49. The van der Waals surface area contributed by atoms with E-state index in [0.29, 0.717) is 11.3 Å². The molecule has 84 valence electrons. The first kappa shape index (κ1) is 16.2. The summed E-state index contributed by atoms with van der Waals surface area (Å²) in [5.74, 6) is 0.883. The Balaban J connectivity index is 0.000000318. The number of hydrogen-bond donors (Lipinski definition) is 0. The van der Waals surface area contributed by atoms with Crippen molar-refractivity contribution >= 4 is 17.9 Å². The topological polar surface area (TPSA) is 17.1 Å². The molecule has 2 rings (SSSR count). The summed E-state index contributed by atoms with van der Waals surface area (Å²) in [7, 11) is 0. The predicted octanol–water partition coefficient (Wildman–Crippen LogP) is 2.73. The Morgan fingerprint density at radius 1 is 0.938 bits per heavy atom. The van der Waals surface area contributed by atoms with E-state index < -0.39 is 0 Å². The van der Waals surface area contributed by atoms with Gasteiger partial charge in [-0.1, -0.05) is 11.6 Å². The Hall–Kier alpha value is 0.219. The quantitative estimate of drug-likeness (QED) is 0.430. The molecular formula is C13H11ClFeO.